The minimum atomic E-state index is -4.55. The molecule has 3 rings (SSSR count). The van der Waals surface area contributed by atoms with Crippen LogP contribution in [0.2, 0.25) is 0 Å². The number of para-hydroxylation sites is 1. The van der Waals surface area contributed by atoms with Crippen LogP contribution in [-0.4, -0.2) is 26.0 Å². The van der Waals surface area contributed by atoms with Crippen LogP contribution < -0.4 is 11.2 Å². The Morgan fingerprint density at radius 1 is 1.25 bits per heavy atom. The standard InChI is InChI=1S/C18H22F3N5OS/c1-11(16(27)23-14-10-6-5-9-13(14)18(19,20)21)28-17-25-24-15(26(17)22)12-7-3-2-4-8-12/h5-6,9-12H,2-4,7-8,22H2,1H3,(H,23,27)/t11-/m1/s1. The van der Waals surface area contributed by atoms with Gasteiger partial charge in [-0.3, -0.25) is 4.79 Å². The Kier molecular flexibility index (Phi) is 6.17. The van der Waals surface area contributed by atoms with Crippen molar-refractivity contribution in [2.75, 3.05) is 11.2 Å². The van der Waals surface area contributed by atoms with Crippen LogP contribution in [0.3, 0.4) is 0 Å². The molecule has 2 aromatic rings. The van der Waals surface area contributed by atoms with Gasteiger partial charge in [0.15, 0.2) is 5.82 Å². The summed E-state index contributed by atoms with van der Waals surface area (Å²) < 4.78 is 40.7. The molecule has 1 amide bonds. The van der Waals surface area contributed by atoms with Crippen LogP contribution >= 0.6 is 11.8 Å². The molecule has 0 spiro atoms. The molecule has 1 fully saturated rings. The zero-order chi connectivity index (χ0) is 20.3. The van der Waals surface area contributed by atoms with E-state index >= 15 is 0 Å². The van der Waals surface area contributed by atoms with E-state index in [2.05, 4.69) is 15.5 Å². The number of rotatable bonds is 5. The van der Waals surface area contributed by atoms with Crippen molar-refractivity contribution in [2.24, 2.45) is 0 Å². The number of hydrogen-bond donors (Lipinski definition) is 2. The lowest BCUT2D eigenvalue weighted by molar-refractivity contribution is -0.137. The average molecular weight is 413 g/mol. The molecule has 0 bridgehead atoms. The highest BCUT2D eigenvalue weighted by molar-refractivity contribution is 8.00. The minimum Gasteiger partial charge on any atom is -0.336 e. The molecule has 0 aliphatic heterocycles. The number of thioether (sulfide) groups is 1. The molecule has 152 valence electrons. The molecule has 1 saturated carbocycles. The second-order valence-corrected chi connectivity index (χ2v) is 8.15. The van der Waals surface area contributed by atoms with Crippen LogP contribution in [0.15, 0.2) is 29.4 Å². The third-order valence-electron chi connectivity index (χ3n) is 4.80. The third kappa shape index (κ3) is 4.60. The van der Waals surface area contributed by atoms with Gasteiger partial charge in [-0.1, -0.05) is 43.2 Å². The first kappa shape index (κ1) is 20.5. The SMILES string of the molecule is C[C@@H](Sc1nnc(C2CCCCC2)n1N)C(=O)Nc1ccccc1C(F)(F)F. The van der Waals surface area contributed by atoms with E-state index in [9.17, 15) is 18.0 Å². The first-order valence-corrected chi connectivity index (χ1v) is 9.99. The van der Waals surface area contributed by atoms with Crippen LogP contribution in [0.4, 0.5) is 18.9 Å². The van der Waals surface area contributed by atoms with Gasteiger partial charge in [-0.15, -0.1) is 10.2 Å². The molecule has 1 atom stereocenters. The van der Waals surface area contributed by atoms with Gasteiger partial charge < -0.3 is 11.2 Å². The highest BCUT2D eigenvalue weighted by atomic mass is 32.2. The van der Waals surface area contributed by atoms with Gasteiger partial charge in [0.2, 0.25) is 11.1 Å². The van der Waals surface area contributed by atoms with Crippen molar-refractivity contribution >= 4 is 23.4 Å². The molecule has 0 radical (unpaired) electrons. The van der Waals surface area contributed by atoms with Crippen molar-refractivity contribution < 1.29 is 18.0 Å². The normalized spacial score (nSPS) is 16.7. The molecular formula is C18H22F3N5OS. The van der Waals surface area contributed by atoms with E-state index in [0.29, 0.717) is 11.0 Å². The molecule has 1 heterocycles. The van der Waals surface area contributed by atoms with Crippen LogP contribution in [-0.2, 0) is 11.0 Å². The zero-order valence-electron chi connectivity index (χ0n) is 15.4. The van der Waals surface area contributed by atoms with Crippen LogP contribution in [0.5, 0.6) is 0 Å². The fourth-order valence-corrected chi connectivity index (χ4v) is 4.07. The van der Waals surface area contributed by atoms with E-state index in [4.69, 9.17) is 5.84 Å². The summed E-state index contributed by atoms with van der Waals surface area (Å²) in [4.78, 5) is 12.4. The average Bonchev–Trinajstić information content (AvgIpc) is 3.02. The summed E-state index contributed by atoms with van der Waals surface area (Å²) >= 11 is 1.07. The van der Waals surface area contributed by atoms with Crippen LogP contribution in [0.25, 0.3) is 0 Å². The highest BCUT2D eigenvalue weighted by Gasteiger charge is 2.34. The summed E-state index contributed by atoms with van der Waals surface area (Å²) in [5.74, 6) is 6.49. The van der Waals surface area contributed by atoms with Gasteiger partial charge in [0.1, 0.15) is 0 Å². The minimum absolute atomic E-state index is 0.253. The summed E-state index contributed by atoms with van der Waals surface area (Å²) in [7, 11) is 0. The van der Waals surface area contributed by atoms with Gasteiger partial charge in [-0.05, 0) is 31.9 Å². The van der Waals surface area contributed by atoms with E-state index in [0.717, 1.165) is 43.5 Å². The maximum atomic E-state index is 13.1. The van der Waals surface area contributed by atoms with Gasteiger partial charge in [-0.25, -0.2) is 4.68 Å². The van der Waals surface area contributed by atoms with E-state index in [1.54, 1.807) is 6.92 Å². The van der Waals surface area contributed by atoms with Crippen molar-refractivity contribution in [1.82, 2.24) is 14.9 Å². The largest absolute Gasteiger partial charge is 0.418 e. The second kappa shape index (κ2) is 8.42. The fourth-order valence-electron chi connectivity index (χ4n) is 3.29. The smallest absolute Gasteiger partial charge is 0.336 e. The van der Waals surface area contributed by atoms with Gasteiger partial charge >= 0.3 is 6.18 Å². The lowest BCUT2D eigenvalue weighted by atomic mass is 9.89. The molecule has 1 aliphatic rings. The topological polar surface area (TPSA) is 85.8 Å². The third-order valence-corrected chi connectivity index (χ3v) is 5.86. The van der Waals surface area contributed by atoms with Crippen molar-refractivity contribution in [3.05, 3.63) is 35.7 Å². The molecule has 6 nitrogen and oxygen atoms in total. The van der Waals surface area contributed by atoms with E-state index in [1.165, 1.54) is 29.3 Å². The first-order chi connectivity index (χ1) is 13.3. The Labute approximate surface area is 165 Å². The van der Waals surface area contributed by atoms with Crippen molar-refractivity contribution in [2.45, 2.75) is 61.5 Å². The number of carbonyl (C=O) groups is 1. The number of benzene rings is 1. The maximum absolute atomic E-state index is 13.1. The first-order valence-electron chi connectivity index (χ1n) is 9.11. The van der Waals surface area contributed by atoms with Gasteiger partial charge in [0, 0.05) is 5.92 Å². The summed E-state index contributed by atoms with van der Waals surface area (Å²) in [5, 5.41) is 10.3. The Morgan fingerprint density at radius 2 is 1.93 bits per heavy atom. The molecule has 1 aliphatic carbocycles. The molecule has 0 unspecified atom stereocenters. The predicted octanol–water partition coefficient (Wildman–Crippen LogP) is 4.18. The summed E-state index contributed by atoms with van der Waals surface area (Å²) in [5.41, 5.74) is -1.16. The Morgan fingerprint density at radius 3 is 2.61 bits per heavy atom. The maximum Gasteiger partial charge on any atom is 0.418 e. The van der Waals surface area contributed by atoms with Gasteiger partial charge in [0.05, 0.1) is 16.5 Å². The van der Waals surface area contributed by atoms with Crippen LogP contribution in [0, 0.1) is 0 Å². The summed E-state index contributed by atoms with van der Waals surface area (Å²) in [6, 6.07) is 4.88. The van der Waals surface area contributed by atoms with Gasteiger partial charge in [-0.2, -0.15) is 13.2 Å². The summed E-state index contributed by atoms with van der Waals surface area (Å²) in [6.45, 7) is 1.59. The zero-order valence-corrected chi connectivity index (χ0v) is 16.2. The number of nitrogens with two attached hydrogens (primary N) is 1. The van der Waals surface area contributed by atoms with E-state index < -0.39 is 22.9 Å². The lowest BCUT2D eigenvalue weighted by Gasteiger charge is -2.20. The Hall–Kier alpha value is -2.23. The number of hydrogen-bond acceptors (Lipinski definition) is 5. The predicted molar refractivity (Wildman–Crippen MR) is 101 cm³/mol. The molecule has 28 heavy (non-hydrogen) atoms. The highest BCUT2D eigenvalue weighted by Crippen LogP contribution is 2.35. The number of anilines is 1. The molecular weight excluding hydrogens is 391 g/mol. The second-order valence-electron chi connectivity index (χ2n) is 6.84. The molecule has 10 heteroatoms. The number of carbonyl (C=O) groups excluding carboxylic acids is 1. The van der Waals surface area contributed by atoms with E-state index in [-0.39, 0.29) is 11.6 Å². The number of amides is 1. The summed E-state index contributed by atoms with van der Waals surface area (Å²) in [6.07, 6.45) is 0.906. The number of halogens is 3. The Balaban J connectivity index is 1.68. The van der Waals surface area contributed by atoms with Crippen molar-refractivity contribution in [3.63, 3.8) is 0 Å². The molecule has 0 saturated heterocycles. The Bertz CT molecular complexity index is 833. The molecule has 3 N–H and O–H groups in total. The number of alkyl halides is 3. The quantitative estimate of drug-likeness (QED) is 0.567. The molecule has 1 aromatic carbocycles. The lowest BCUT2D eigenvalue weighted by Crippen LogP contribution is -2.25. The number of nitrogen functional groups attached to an aromatic ring is 1. The number of nitrogens with zero attached hydrogens (tertiary/aromatic N) is 3. The monoisotopic (exact) mass is 413 g/mol. The number of nitrogens with one attached hydrogen (secondary N) is 1. The van der Waals surface area contributed by atoms with Crippen molar-refractivity contribution in [3.8, 4) is 0 Å². The van der Waals surface area contributed by atoms with Crippen LogP contribution in [0.1, 0.15) is 56.3 Å². The number of aromatic nitrogens is 3. The molecule has 1 aromatic heterocycles. The van der Waals surface area contributed by atoms with Gasteiger partial charge in [0.25, 0.3) is 0 Å². The fraction of sp³-hybridized carbons (Fsp3) is 0.500. The van der Waals surface area contributed by atoms with E-state index in [1.807, 2.05) is 0 Å². The van der Waals surface area contributed by atoms with Crippen molar-refractivity contribution in [1.29, 1.82) is 0 Å².